The van der Waals surface area contributed by atoms with Crippen LogP contribution in [-0.4, -0.2) is 65.3 Å². The molecule has 2 aliphatic rings. The Morgan fingerprint density at radius 2 is 1.55 bits per heavy atom. The second-order valence-electron chi connectivity index (χ2n) is 13.8. The molecular weight excluding hydrogens is 660 g/mol. The normalized spacial score (nSPS) is 15.7. The third-order valence-electron chi connectivity index (χ3n) is 10.1. The first-order valence-corrected chi connectivity index (χ1v) is 18.6. The second kappa shape index (κ2) is 17.9. The first kappa shape index (κ1) is 36.7. The van der Waals surface area contributed by atoms with Crippen LogP contribution < -0.4 is 14.2 Å². The van der Waals surface area contributed by atoms with Crippen LogP contribution in [-0.2, 0) is 19.8 Å². The van der Waals surface area contributed by atoms with Crippen LogP contribution in [0, 0.1) is 25.2 Å². The molecule has 3 aromatic carbocycles. The predicted molar refractivity (Wildman–Crippen MR) is 201 cm³/mol. The van der Waals surface area contributed by atoms with E-state index in [1.807, 2.05) is 18.2 Å². The Morgan fingerprint density at radius 1 is 0.804 bits per heavy atom. The van der Waals surface area contributed by atoms with E-state index in [1.54, 1.807) is 18.5 Å². The molecule has 4 aromatic rings. The molecule has 0 saturated carbocycles. The molecular formula is C42H49ClN4O4. The Labute approximate surface area is 307 Å². The Hall–Kier alpha value is -4.13. The van der Waals surface area contributed by atoms with Gasteiger partial charge in [-0.1, -0.05) is 48.4 Å². The fourth-order valence-electron chi connectivity index (χ4n) is 7.05. The van der Waals surface area contributed by atoms with Crippen LogP contribution in [0.3, 0.4) is 0 Å². The third-order valence-corrected chi connectivity index (χ3v) is 10.4. The highest BCUT2D eigenvalue weighted by atomic mass is 35.5. The van der Waals surface area contributed by atoms with Crippen molar-refractivity contribution in [3.8, 4) is 34.4 Å². The average Bonchev–Trinajstić information content (AvgIpc) is 3.15. The molecule has 0 bridgehead atoms. The lowest BCUT2D eigenvalue weighted by Crippen LogP contribution is -2.36. The predicted octanol–water partition coefficient (Wildman–Crippen LogP) is 8.26. The smallest absolute Gasteiger partial charge is 0.142 e. The van der Waals surface area contributed by atoms with E-state index in [0.717, 1.165) is 109 Å². The Bertz CT molecular complexity index is 1810. The fraction of sp³-hybridized carbons (Fsp3) is 0.429. The highest BCUT2D eigenvalue weighted by Crippen LogP contribution is 2.37. The highest BCUT2D eigenvalue weighted by molar-refractivity contribution is 6.32. The van der Waals surface area contributed by atoms with Gasteiger partial charge in [-0.2, -0.15) is 5.26 Å². The monoisotopic (exact) mass is 708 g/mol. The number of halogens is 1. The molecule has 0 unspecified atom stereocenters. The van der Waals surface area contributed by atoms with Crippen molar-refractivity contribution < 1.29 is 19.3 Å². The van der Waals surface area contributed by atoms with Gasteiger partial charge >= 0.3 is 0 Å². The van der Waals surface area contributed by atoms with Crippen LogP contribution in [0.25, 0.3) is 11.1 Å². The van der Waals surface area contributed by atoms with Crippen molar-refractivity contribution in [1.82, 2.24) is 14.8 Å². The SMILES string of the molecule is Cc1c(COc2cc(OCc3cncc(C#N)c3)c(CN3CCCCC3)cc2Cl)cccc1-c1cccc(OCCCN2CCC(O)CC2)c1C. The van der Waals surface area contributed by atoms with Gasteiger partial charge in [0.1, 0.15) is 36.5 Å². The minimum Gasteiger partial charge on any atom is -0.493 e. The van der Waals surface area contributed by atoms with Gasteiger partial charge in [0, 0.05) is 55.8 Å². The quantitative estimate of drug-likeness (QED) is 0.131. The van der Waals surface area contributed by atoms with E-state index in [9.17, 15) is 10.4 Å². The van der Waals surface area contributed by atoms with E-state index in [-0.39, 0.29) is 12.7 Å². The van der Waals surface area contributed by atoms with Gasteiger partial charge in [-0.3, -0.25) is 9.88 Å². The Balaban J connectivity index is 1.14. The molecule has 1 N–H and O–H groups in total. The van der Waals surface area contributed by atoms with Crippen molar-refractivity contribution in [3.05, 3.63) is 105 Å². The van der Waals surface area contributed by atoms with Gasteiger partial charge in [0.15, 0.2) is 0 Å². The van der Waals surface area contributed by atoms with E-state index < -0.39 is 0 Å². The lowest BCUT2D eigenvalue weighted by Gasteiger charge is -2.29. The molecule has 0 aliphatic carbocycles. The zero-order valence-electron chi connectivity index (χ0n) is 29.9. The van der Waals surface area contributed by atoms with E-state index in [0.29, 0.717) is 29.5 Å². The summed E-state index contributed by atoms with van der Waals surface area (Å²) in [6, 6.07) is 20.4. The number of likely N-dealkylation sites (tertiary alicyclic amines) is 2. The van der Waals surface area contributed by atoms with Gasteiger partial charge in [0.25, 0.3) is 0 Å². The van der Waals surface area contributed by atoms with E-state index in [2.05, 4.69) is 65.0 Å². The summed E-state index contributed by atoms with van der Waals surface area (Å²) in [5.74, 6) is 2.19. The van der Waals surface area contributed by atoms with Gasteiger partial charge in [0.05, 0.1) is 23.3 Å². The number of hydrogen-bond acceptors (Lipinski definition) is 8. The summed E-state index contributed by atoms with van der Waals surface area (Å²) in [4.78, 5) is 9.05. The number of ether oxygens (including phenoxy) is 3. The molecule has 2 saturated heterocycles. The van der Waals surface area contributed by atoms with Crippen LogP contribution in [0.5, 0.6) is 17.2 Å². The molecule has 0 radical (unpaired) electrons. The van der Waals surface area contributed by atoms with Gasteiger partial charge in [-0.05, 0) is 105 Å². The number of nitriles is 1. The number of aliphatic hydroxyl groups is 1. The molecule has 6 rings (SSSR count). The summed E-state index contributed by atoms with van der Waals surface area (Å²) in [5, 5.41) is 19.7. The first-order chi connectivity index (χ1) is 24.9. The number of benzene rings is 3. The fourth-order valence-corrected chi connectivity index (χ4v) is 7.30. The van der Waals surface area contributed by atoms with Crippen molar-refractivity contribution in [2.24, 2.45) is 0 Å². The number of aliphatic hydroxyl groups excluding tert-OH is 1. The van der Waals surface area contributed by atoms with E-state index in [1.165, 1.54) is 19.3 Å². The van der Waals surface area contributed by atoms with Crippen LogP contribution in [0.4, 0.5) is 0 Å². The lowest BCUT2D eigenvalue weighted by molar-refractivity contribution is 0.0800. The molecule has 268 valence electrons. The maximum absolute atomic E-state index is 9.78. The zero-order chi connectivity index (χ0) is 35.6. The van der Waals surface area contributed by atoms with Crippen LogP contribution in [0.1, 0.15) is 71.9 Å². The van der Waals surface area contributed by atoms with Crippen molar-refractivity contribution in [1.29, 1.82) is 5.26 Å². The van der Waals surface area contributed by atoms with Crippen LogP contribution in [0.15, 0.2) is 67.0 Å². The first-order valence-electron chi connectivity index (χ1n) is 18.2. The maximum atomic E-state index is 9.78. The number of aromatic nitrogens is 1. The average molecular weight is 709 g/mol. The van der Waals surface area contributed by atoms with Crippen molar-refractivity contribution in [2.75, 3.05) is 39.3 Å². The van der Waals surface area contributed by atoms with E-state index in [4.69, 9.17) is 25.8 Å². The van der Waals surface area contributed by atoms with Crippen molar-refractivity contribution in [3.63, 3.8) is 0 Å². The van der Waals surface area contributed by atoms with E-state index >= 15 is 0 Å². The number of piperidine rings is 2. The summed E-state index contributed by atoms with van der Waals surface area (Å²) >= 11 is 6.88. The standard InChI is InChI=1S/C42H49ClN4O4/c1-30-34(9-6-10-37(30)38-11-7-12-40(31(38)2)49-20-8-17-46-18-13-36(48)14-19-46)29-51-42-23-41(50-28-33-21-32(24-44)25-45-26-33)35(22-39(42)43)27-47-15-4-3-5-16-47/h6-7,9-12,21-23,25-26,36,48H,3-5,8,13-20,27-29H2,1-2H3. The van der Waals surface area contributed by atoms with Crippen LogP contribution in [0.2, 0.25) is 5.02 Å². The topological polar surface area (TPSA) is 91.1 Å². The molecule has 1 aromatic heterocycles. The molecule has 0 spiro atoms. The largest absolute Gasteiger partial charge is 0.493 e. The van der Waals surface area contributed by atoms with Crippen LogP contribution >= 0.6 is 11.6 Å². The number of hydrogen-bond donors (Lipinski definition) is 1. The number of nitrogens with zero attached hydrogens (tertiary/aromatic N) is 4. The summed E-state index contributed by atoms with van der Waals surface area (Å²) in [5.41, 5.74) is 7.96. The minimum atomic E-state index is -0.146. The number of pyridine rings is 1. The van der Waals surface area contributed by atoms with Gasteiger partial charge in [-0.15, -0.1) is 0 Å². The molecule has 9 heteroatoms. The summed E-state index contributed by atoms with van der Waals surface area (Å²) in [6.07, 6.45) is 9.45. The lowest BCUT2D eigenvalue weighted by atomic mass is 9.93. The third kappa shape index (κ3) is 9.81. The summed E-state index contributed by atoms with van der Waals surface area (Å²) in [6.45, 7) is 11.3. The molecule has 0 amide bonds. The highest BCUT2D eigenvalue weighted by Gasteiger charge is 2.19. The molecule has 2 aliphatic heterocycles. The van der Waals surface area contributed by atoms with Gasteiger partial charge in [-0.25, -0.2) is 0 Å². The van der Waals surface area contributed by atoms with Crippen molar-refractivity contribution in [2.45, 2.75) is 78.2 Å². The van der Waals surface area contributed by atoms with Crippen molar-refractivity contribution >= 4 is 11.6 Å². The van der Waals surface area contributed by atoms with Gasteiger partial charge < -0.3 is 24.2 Å². The second-order valence-corrected chi connectivity index (χ2v) is 14.2. The molecule has 0 atom stereocenters. The number of rotatable bonds is 14. The Morgan fingerprint density at radius 3 is 2.33 bits per heavy atom. The summed E-state index contributed by atoms with van der Waals surface area (Å²) in [7, 11) is 0. The maximum Gasteiger partial charge on any atom is 0.142 e. The zero-order valence-corrected chi connectivity index (χ0v) is 30.6. The summed E-state index contributed by atoms with van der Waals surface area (Å²) < 4.78 is 19.1. The molecule has 8 nitrogen and oxygen atoms in total. The minimum absolute atomic E-state index is 0.146. The Kier molecular flexibility index (Phi) is 12.8. The van der Waals surface area contributed by atoms with Gasteiger partial charge in [0.2, 0.25) is 0 Å². The molecule has 51 heavy (non-hydrogen) atoms. The molecule has 3 heterocycles. The molecule has 2 fully saturated rings.